The van der Waals surface area contributed by atoms with E-state index in [4.69, 9.17) is 0 Å². The Kier molecular flexibility index (Phi) is 9.57. The molecule has 0 N–H and O–H groups in total. The molecule has 0 nitrogen and oxygen atoms in total. The molecule has 0 fully saturated rings. The van der Waals surface area contributed by atoms with Gasteiger partial charge in [-0.05, 0) is 0 Å². The maximum absolute atomic E-state index is 2.64. The third kappa shape index (κ3) is 6.32. The van der Waals surface area contributed by atoms with E-state index in [9.17, 15) is 0 Å². The third-order valence-electron chi connectivity index (χ3n) is 10.2. The van der Waals surface area contributed by atoms with Gasteiger partial charge in [0.15, 0.2) is 0 Å². The van der Waals surface area contributed by atoms with Gasteiger partial charge in [-0.25, -0.2) is 0 Å². The zero-order valence-electron chi connectivity index (χ0n) is 27.4. The number of hydrogen-bond donors (Lipinski definition) is 0. The van der Waals surface area contributed by atoms with Crippen molar-refractivity contribution in [3.05, 3.63) is 96.1 Å². The van der Waals surface area contributed by atoms with Gasteiger partial charge in [-0.15, -0.1) is 0 Å². The summed E-state index contributed by atoms with van der Waals surface area (Å²) in [6, 6.07) is 33.3. The van der Waals surface area contributed by atoms with Crippen molar-refractivity contribution in [2.24, 2.45) is 0 Å². The van der Waals surface area contributed by atoms with E-state index in [2.05, 4.69) is 98.8 Å². The van der Waals surface area contributed by atoms with Crippen molar-refractivity contribution in [3.63, 3.8) is 0 Å². The standard InChI is InChI=1S/C44H48Se/c1-3-5-7-9-11-13-23-35-29-41-43(39-27-33-21-17-15-19-31(33)25-37(35)39)44-40-28-34-22-18-16-20-32(34)26-38(40)36(30-42(44)45-41)24-14-12-10-8-6-4-2/h15-22,25-30H,3-14,23-24H2,1-2H3. The van der Waals surface area contributed by atoms with Crippen molar-refractivity contribution in [2.45, 2.75) is 104 Å². The number of hydrogen-bond acceptors (Lipinski definition) is 0. The monoisotopic (exact) mass is 656 g/mol. The van der Waals surface area contributed by atoms with Gasteiger partial charge in [-0.3, -0.25) is 0 Å². The number of rotatable bonds is 14. The van der Waals surface area contributed by atoms with Gasteiger partial charge in [0.05, 0.1) is 0 Å². The van der Waals surface area contributed by atoms with Crippen molar-refractivity contribution in [2.75, 3.05) is 0 Å². The zero-order chi connectivity index (χ0) is 30.6. The molecule has 0 atom stereocenters. The number of fused-ring (bicyclic) bond motifs is 9. The van der Waals surface area contributed by atoms with Crippen LogP contribution in [0.5, 0.6) is 0 Å². The second kappa shape index (κ2) is 14.1. The van der Waals surface area contributed by atoms with E-state index < -0.39 is 0 Å². The average molecular weight is 656 g/mol. The summed E-state index contributed by atoms with van der Waals surface area (Å²) >= 11 is 0.329. The molecule has 45 heavy (non-hydrogen) atoms. The number of benzene rings is 6. The molecule has 0 radical (unpaired) electrons. The summed E-state index contributed by atoms with van der Waals surface area (Å²) in [7, 11) is 0. The molecule has 6 aromatic carbocycles. The van der Waals surface area contributed by atoms with Crippen LogP contribution in [0.4, 0.5) is 0 Å². The van der Waals surface area contributed by atoms with E-state index in [-0.39, 0.29) is 0 Å². The molecule has 0 bridgehead atoms. The number of unbranched alkanes of at least 4 members (excludes halogenated alkanes) is 10. The molecular formula is C44H48Se. The normalized spacial score (nSPS) is 12.1. The number of aryl methyl sites for hydroxylation is 2. The molecule has 230 valence electrons. The Morgan fingerprint density at radius 1 is 0.400 bits per heavy atom. The van der Waals surface area contributed by atoms with Gasteiger partial charge in [0, 0.05) is 0 Å². The quantitative estimate of drug-likeness (QED) is 0.0621. The first kappa shape index (κ1) is 30.5. The first-order valence-electron chi connectivity index (χ1n) is 17.9. The molecule has 1 heteroatoms. The fourth-order valence-corrected chi connectivity index (χ4v) is 10.4. The third-order valence-corrected chi connectivity index (χ3v) is 12.4. The summed E-state index contributed by atoms with van der Waals surface area (Å²) in [6.07, 6.45) is 18.5. The van der Waals surface area contributed by atoms with Crippen LogP contribution in [-0.2, 0) is 12.8 Å². The Labute approximate surface area is 275 Å². The summed E-state index contributed by atoms with van der Waals surface area (Å²) in [5.74, 6) is 0. The van der Waals surface area contributed by atoms with Crippen LogP contribution in [-0.4, -0.2) is 14.5 Å². The van der Waals surface area contributed by atoms with Crippen LogP contribution in [0.1, 0.15) is 102 Å². The molecule has 0 aliphatic heterocycles. The van der Waals surface area contributed by atoms with Crippen LogP contribution in [0.15, 0.2) is 84.9 Å². The van der Waals surface area contributed by atoms with Gasteiger partial charge in [0.1, 0.15) is 0 Å². The van der Waals surface area contributed by atoms with Gasteiger partial charge < -0.3 is 0 Å². The predicted molar refractivity (Wildman–Crippen MR) is 203 cm³/mol. The van der Waals surface area contributed by atoms with Crippen LogP contribution >= 0.6 is 0 Å². The molecule has 1 heterocycles. The summed E-state index contributed by atoms with van der Waals surface area (Å²) in [5.41, 5.74) is 3.14. The first-order chi connectivity index (χ1) is 22.2. The molecule has 1 aromatic heterocycles. The Morgan fingerprint density at radius 3 is 1.16 bits per heavy atom. The molecule has 7 aromatic rings. The molecule has 7 rings (SSSR count). The van der Waals surface area contributed by atoms with Crippen LogP contribution in [0.3, 0.4) is 0 Å². The molecular weight excluding hydrogens is 607 g/mol. The summed E-state index contributed by atoms with van der Waals surface area (Å²) < 4.78 is 3.21. The van der Waals surface area contributed by atoms with Crippen LogP contribution in [0.2, 0.25) is 0 Å². The Morgan fingerprint density at radius 2 is 0.756 bits per heavy atom. The van der Waals surface area contributed by atoms with Crippen LogP contribution < -0.4 is 0 Å². The molecule has 0 unspecified atom stereocenters. The predicted octanol–water partition coefficient (Wildman–Crippen LogP) is 13.5. The summed E-state index contributed by atoms with van der Waals surface area (Å²) in [6.45, 7) is 4.62. The second-order valence-corrected chi connectivity index (χ2v) is 15.7. The maximum atomic E-state index is 2.64. The Balaban J connectivity index is 1.41. The van der Waals surface area contributed by atoms with E-state index in [0.29, 0.717) is 14.5 Å². The van der Waals surface area contributed by atoms with E-state index >= 15 is 0 Å². The van der Waals surface area contributed by atoms with Crippen molar-refractivity contribution < 1.29 is 0 Å². The topological polar surface area (TPSA) is 0 Å². The second-order valence-electron chi connectivity index (χ2n) is 13.4. The molecule has 0 saturated carbocycles. The van der Waals surface area contributed by atoms with Gasteiger partial charge in [0.25, 0.3) is 0 Å². The molecule has 0 aliphatic rings. The Hall–Kier alpha value is -3.12. The average Bonchev–Trinajstić information content (AvgIpc) is 3.44. The molecule has 0 saturated heterocycles. The Bertz CT molecular complexity index is 1940. The fourth-order valence-electron chi connectivity index (χ4n) is 7.71. The minimum absolute atomic E-state index is 0.329. The van der Waals surface area contributed by atoms with Crippen LogP contribution in [0.25, 0.3) is 62.4 Å². The van der Waals surface area contributed by atoms with E-state index in [1.54, 1.807) is 19.6 Å². The van der Waals surface area contributed by atoms with Gasteiger partial charge in [-0.2, -0.15) is 0 Å². The van der Waals surface area contributed by atoms with E-state index in [1.807, 2.05) is 0 Å². The molecule has 0 spiro atoms. The minimum atomic E-state index is 0.329. The first-order valence-corrected chi connectivity index (χ1v) is 19.6. The van der Waals surface area contributed by atoms with E-state index in [1.165, 1.54) is 144 Å². The zero-order valence-corrected chi connectivity index (χ0v) is 29.1. The SMILES string of the molecule is CCCCCCCCc1cc2[se]c3cc(CCCCCCCC)c4cc5ccccc5cc4c3c2c2cc3ccccc3cc12. The summed E-state index contributed by atoms with van der Waals surface area (Å²) in [5, 5.41) is 14.4. The fraction of sp³-hybridized carbons (Fsp3) is 0.364. The van der Waals surface area contributed by atoms with Crippen LogP contribution in [0, 0.1) is 0 Å². The van der Waals surface area contributed by atoms with Crippen molar-refractivity contribution in [1.82, 2.24) is 0 Å². The molecule has 0 aliphatic carbocycles. The van der Waals surface area contributed by atoms with Gasteiger partial charge in [0.2, 0.25) is 0 Å². The van der Waals surface area contributed by atoms with Crippen molar-refractivity contribution >= 4 is 76.9 Å². The van der Waals surface area contributed by atoms with Gasteiger partial charge >= 0.3 is 277 Å². The van der Waals surface area contributed by atoms with Crippen molar-refractivity contribution in [1.29, 1.82) is 0 Å². The summed E-state index contributed by atoms with van der Waals surface area (Å²) in [4.78, 5) is 0. The van der Waals surface area contributed by atoms with Gasteiger partial charge in [-0.1, -0.05) is 0 Å². The van der Waals surface area contributed by atoms with E-state index in [0.717, 1.165) is 0 Å². The molecule has 0 amide bonds. The van der Waals surface area contributed by atoms with Crippen molar-refractivity contribution in [3.8, 4) is 0 Å².